The van der Waals surface area contributed by atoms with Crippen molar-refractivity contribution >= 4 is 11.8 Å². The fraction of sp³-hybridized carbons (Fsp3) is 0.667. The number of hydrogen-bond acceptors (Lipinski definition) is 6. The Morgan fingerprint density at radius 1 is 1.22 bits per heavy atom. The molecule has 5 rings (SSSR count). The highest BCUT2D eigenvalue weighted by molar-refractivity contribution is 5.91. The fourth-order valence-electron chi connectivity index (χ4n) is 6.78. The molecule has 3 fully saturated rings. The maximum Gasteiger partial charge on any atom is 0.417 e. The molecule has 0 bridgehead atoms. The Hall–Kier alpha value is -2.71. The van der Waals surface area contributed by atoms with E-state index in [-0.39, 0.29) is 68.7 Å². The third-order valence-electron chi connectivity index (χ3n) is 8.74. The van der Waals surface area contributed by atoms with Crippen molar-refractivity contribution < 1.29 is 45.4 Å². The van der Waals surface area contributed by atoms with Gasteiger partial charge in [-0.15, -0.1) is 0 Å². The van der Waals surface area contributed by atoms with E-state index in [1.807, 2.05) is 0 Å². The Bertz CT molecular complexity index is 1190. The number of nitrogens with one attached hydrogen (secondary N) is 1. The van der Waals surface area contributed by atoms with Gasteiger partial charge in [0.1, 0.15) is 0 Å². The third kappa shape index (κ3) is 6.24. The maximum absolute atomic E-state index is 14.2. The monoisotopic (exact) mass is 590 g/mol. The molecule has 0 radical (unpaired) electrons. The lowest BCUT2D eigenvalue weighted by atomic mass is 9.78. The van der Waals surface area contributed by atoms with Crippen LogP contribution in [-0.4, -0.2) is 90.9 Å². The zero-order chi connectivity index (χ0) is 29.6. The summed E-state index contributed by atoms with van der Waals surface area (Å²) in [4.78, 5) is 33.7. The highest BCUT2D eigenvalue weighted by atomic mass is 19.4. The molecule has 2 unspecified atom stereocenters. The molecule has 4 heterocycles. The molecule has 1 aromatic heterocycles. The number of likely N-dealkylation sites (tertiary alicyclic amines) is 1. The van der Waals surface area contributed by atoms with Crippen molar-refractivity contribution in [1.29, 1.82) is 0 Å². The number of carbonyl (C=O) groups is 2. The van der Waals surface area contributed by atoms with E-state index in [4.69, 9.17) is 9.47 Å². The molecule has 14 heteroatoms. The van der Waals surface area contributed by atoms with Gasteiger partial charge < -0.3 is 24.6 Å². The lowest BCUT2D eigenvalue weighted by Crippen LogP contribution is -2.52. The number of nitrogens with zero attached hydrogens (tertiary/aromatic N) is 3. The molecule has 4 aliphatic rings. The van der Waals surface area contributed by atoms with E-state index in [0.717, 1.165) is 12.3 Å². The number of halogens is 6. The van der Waals surface area contributed by atoms with Gasteiger partial charge in [-0.05, 0) is 36.8 Å². The first-order chi connectivity index (χ1) is 19.3. The first kappa shape index (κ1) is 29.8. The zero-order valence-electron chi connectivity index (χ0n) is 22.4. The van der Waals surface area contributed by atoms with E-state index < -0.39 is 29.2 Å². The number of ether oxygens (including phenoxy) is 2. The Morgan fingerprint density at radius 2 is 2.00 bits per heavy atom. The van der Waals surface area contributed by atoms with Gasteiger partial charge in [0.25, 0.3) is 0 Å². The average Bonchev–Trinajstić information content (AvgIpc) is 3.45. The standard InChI is InChI=1S/C27H32F6N4O4/c1-40-22-14-41-7-4-21(22)35-19-9-18-13-37(23(38)2-5-26(28,29)30)15-25(18,10-19)24(39)36-6-3-20-16(12-36)8-17(11-34-20)27(31,32)33/h2,5,8,11,18-19,21-22,35H,3-4,6-7,9-10,12-15H2,1H3/b5-2+/t18-,19+,21?,22?,25-/m0/s1. The highest BCUT2D eigenvalue weighted by Crippen LogP contribution is 2.51. The van der Waals surface area contributed by atoms with E-state index >= 15 is 0 Å². The number of rotatable bonds is 5. The van der Waals surface area contributed by atoms with Crippen molar-refractivity contribution in [2.75, 3.05) is 40.0 Å². The van der Waals surface area contributed by atoms with Gasteiger partial charge in [0, 0.05) is 82.4 Å². The lowest BCUT2D eigenvalue weighted by Gasteiger charge is -2.37. The molecule has 226 valence electrons. The van der Waals surface area contributed by atoms with Crippen molar-refractivity contribution in [3.05, 3.63) is 41.2 Å². The minimum atomic E-state index is -4.65. The summed E-state index contributed by atoms with van der Waals surface area (Å²) in [6.07, 6.45) is -6.46. The van der Waals surface area contributed by atoms with Crippen LogP contribution in [0.5, 0.6) is 0 Å². The topological polar surface area (TPSA) is 84.0 Å². The minimum Gasteiger partial charge on any atom is -0.379 e. The molecule has 41 heavy (non-hydrogen) atoms. The van der Waals surface area contributed by atoms with Gasteiger partial charge in [-0.3, -0.25) is 14.6 Å². The smallest absolute Gasteiger partial charge is 0.379 e. The van der Waals surface area contributed by atoms with Crippen LogP contribution in [0.3, 0.4) is 0 Å². The van der Waals surface area contributed by atoms with Crippen molar-refractivity contribution in [2.45, 2.75) is 62.8 Å². The predicted octanol–water partition coefficient (Wildman–Crippen LogP) is 3.10. The fourth-order valence-corrected chi connectivity index (χ4v) is 6.78. The number of amides is 2. The number of pyridine rings is 1. The second kappa shape index (κ2) is 11.2. The number of methoxy groups -OCH3 is 1. The van der Waals surface area contributed by atoms with Crippen molar-refractivity contribution in [3.63, 3.8) is 0 Å². The summed E-state index contributed by atoms with van der Waals surface area (Å²) in [5, 5.41) is 3.58. The second-order valence-electron chi connectivity index (χ2n) is 11.3. The predicted molar refractivity (Wildman–Crippen MR) is 132 cm³/mol. The molecule has 1 saturated carbocycles. The highest BCUT2D eigenvalue weighted by Gasteiger charge is 2.59. The van der Waals surface area contributed by atoms with Crippen molar-refractivity contribution in [1.82, 2.24) is 20.1 Å². The Kier molecular flexibility index (Phi) is 8.11. The van der Waals surface area contributed by atoms with Crippen LogP contribution in [0, 0.1) is 11.3 Å². The molecular weight excluding hydrogens is 558 g/mol. The summed E-state index contributed by atoms with van der Waals surface area (Å²) >= 11 is 0. The first-order valence-corrected chi connectivity index (χ1v) is 13.5. The summed E-state index contributed by atoms with van der Waals surface area (Å²) < 4.78 is 89.2. The van der Waals surface area contributed by atoms with Crippen LogP contribution in [0.2, 0.25) is 0 Å². The number of allylic oxidation sites excluding steroid dienone is 1. The first-order valence-electron chi connectivity index (χ1n) is 13.5. The van der Waals surface area contributed by atoms with E-state index in [1.165, 1.54) is 9.80 Å². The summed E-state index contributed by atoms with van der Waals surface area (Å²) in [6, 6.07) is 0.868. The SMILES string of the molecule is COC1COCCC1N[C@@H]1C[C@H]2CN(C(=O)/C=C/C(F)(F)F)C[C@@]2(C(=O)N2CCc3ncc(C(F)(F)F)cc3C2)C1. The Morgan fingerprint density at radius 3 is 2.71 bits per heavy atom. The molecule has 3 aliphatic heterocycles. The summed E-state index contributed by atoms with van der Waals surface area (Å²) in [5.41, 5.74) is -1.18. The number of alkyl halides is 6. The zero-order valence-corrected chi connectivity index (χ0v) is 22.4. The maximum atomic E-state index is 14.2. The van der Waals surface area contributed by atoms with E-state index in [2.05, 4.69) is 10.3 Å². The molecule has 1 N–H and O–H groups in total. The van der Waals surface area contributed by atoms with Gasteiger partial charge in [0.2, 0.25) is 11.8 Å². The molecule has 8 nitrogen and oxygen atoms in total. The van der Waals surface area contributed by atoms with E-state index in [9.17, 15) is 35.9 Å². The third-order valence-corrected chi connectivity index (χ3v) is 8.74. The molecule has 1 aliphatic carbocycles. The lowest BCUT2D eigenvalue weighted by molar-refractivity contribution is -0.144. The summed E-state index contributed by atoms with van der Waals surface area (Å²) in [5.74, 6) is -1.47. The van der Waals surface area contributed by atoms with Crippen LogP contribution in [0.1, 0.15) is 36.1 Å². The number of fused-ring (bicyclic) bond motifs is 2. The van der Waals surface area contributed by atoms with Crippen LogP contribution in [0.25, 0.3) is 0 Å². The van der Waals surface area contributed by atoms with Gasteiger partial charge in [-0.25, -0.2) is 0 Å². The molecule has 0 spiro atoms. The van der Waals surface area contributed by atoms with E-state index in [1.54, 1.807) is 7.11 Å². The van der Waals surface area contributed by atoms with Crippen molar-refractivity contribution in [2.24, 2.45) is 11.3 Å². The van der Waals surface area contributed by atoms with Crippen LogP contribution in [-0.2, 0) is 38.2 Å². The number of carbonyl (C=O) groups excluding carboxylic acids is 2. The minimum absolute atomic E-state index is 0.0223. The Labute approximate surface area is 233 Å². The summed E-state index contributed by atoms with van der Waals surface area (Å²) in [6.45, 7) is 1.18. The molecular formula is C27H32F6N4O4. The Balaban J connectivity index is 1.38. The summed E-state index contributed by atoms with van der Waals surface area (Å²) in [7, 11) is 1.59. The largest absolute Gasteiger partial charge is 0.417 e. The van der Waals surface area contributed by atoms with Crippen molar-refractivity contribution in [3.8, 4) is 0 Å². The molecule has 0 aromatic carbocycles. The number of hydrogen-bond donors (Lipinski definition) is 1. The molecule has 5 atom stereocenters. The molecule has 2 amide bonds. The van der Waals surface area contributed by atoms with Crippen LogP contribution in [0.15, 0.2) is 24.4 Å². The quantitative estimate of drug-likeness (QED) is 0.420. The number of aromatic nitrogens is 1. The van der Waals surface area contributed by atoms with Gasteiger partial charge in [0.05, 0.1) is 23.7 Å². The van der Waals surface area contributed by atoms with Crippen LogP contribution in [0.4, 0.5) is 26.3 Å². The van der Waals surface area contributed by atoms with Gasteiger partial charge in [0.15, 0.2) is 0 Å². The van der Waals surface area contributed by atoms with Gasteiger partial charge in [-0.2, -0.15) is 26.3 Å². The van der Waals surface area contributed by atoms with Gasteiger partial charge >= 0.3 is 12.4 Å². The molecule has 1 aromatic rings. The normalized spacial score (nSPS) is 30.5. The second-order valence-corrected chi connectivity index (χ2v) is 11.3. The average molecular weight is 591 g/mol. The van der Waals surface area contributed by atoms with Gasteiger partial charge in [-0.1, -0.05) is 0 Å². The van der Waals surface area contributed by atoms with Crippen LogP contribution >= 0.6 is 0 Å². The molecule has 2 saturated heterocycles. The van der Waals surface area contributed by atoms with Crippen LogP contribution < -0.4 is 5.32 Å². The van der Waals surface area contributed by atoms with E-state index in [0.29, 0.717) is 49.8 Å².